The molecule has 7 heteroatoms. The Morgan fingerprint density at radius 1 is 1.14 bits per heavy atom. The van der Waals surface area contributed by atoms with Crippen LogP contribution in [0.15, 0.2) is 35.7 Å². The summed E-state index contributed by atoms with van der Waals surface area (Å²) in [7, 11) is 3.34. The fourth-order valence-corrected chi connectivity index (χ4v) is 2.67. The summed E-state index contributed by atoms with van der Waals surface area (Å²) in [5.74, 6) is 2.29. The molecular formula is C15H21N3O3S. The Labute approximate surface area is 134 Å². The van der Waals surface area contributed by atoms with Gasteiger partial charge in [0.05, 0.1) is 13.7 Å². The van der Waals surface area contributed by atoms with E-state index < -0.39 is 0 Å². The molecule has 0 fully saturated rings. The van der Waals surface area contributed by atoms with Crippen LogP contribution in [0.1, 0.15) is 6.42 Å². The molecule has 1 aromatic carbocycles. The highest BCUT2D eigenvalue weighted by molar-refractivity contribution is 7.99. The number of aromatic nitrogens is 3. The highest BCUT2D eigenvalue weighted by Gasteiger charge is 2.06. The molecule has 0 N–H and O–H groups in total. The second-order valence-corrected chi connectivity index (χ2v) is 5.56. The first-order chi connectivity index (χ1) is 10.8. The Hall–Kier alpha value is -1.73. The molecule has 0 aliphatic heterocycles. The van der Waals surface area contributed by atoms with Gasteiger partial charge in [-0.05, 0) is 18.6 Å². The molecule has 22 heavy (non-hydrogen) atoms. The molecular weight excluding hydrogens is 302 g/mol. The Morgan fingerprint density at radius 3 is 2.73 bits per heavy atom. The zero-order valence-electron chi connectivity index (χ0n) is 12.9. The first-order valence-corrected chi connectivity index (χ1v) is 8.09. The smallest absolute Gasteiger partial charge is 0.191 e. The van der Waals surface area contributed by atoms with Crippen LogP contribution in [0.2, 0.25) is 0 Å². The minimum absolute atomic E-state index is 0.579. The van der Waals surface area contributed by atoms with E-state index in [0.717, 1.165) is 42.0 Å². The van der Waals surface area contributed by atoms with Gasteiger partial charge in [-0.2, -0.15) is 0 Å². The first-order valence-electron chi connectivity index (χ1n) is 7.10. The molecule has 0 amide bonds. The molecule has 1 aromatic heterocycles. The van der Waals surface area contributed by atoms with Gasteiger partial charge in [0.15, 0.2) is 16.7 Å². The van der Waals surface area contributed by atoms with Gasteiger partial charge in [-0.1, -0.05) is 23.9 Å². The average Bonchev–Trinajstić information content (AvgIpc) is 2.99. The summed E-state index contributed by atoms with van der Waals surface area (Å²) >= 11 is 1.63. The largest absolute Gasteiger partial charge is 0.493 e. The van der Waals surface area contributed by atoms with E-state index in [1.165, 1.54) is 0 Å². The molecule has 0 unspecified atom stereocenters. The number of para-hydroxylation sites is 2. The van der Waals surface area contributed by atoms with Gasteiger partial charge in [-0.25, -0.2) is 0 Å². The van der Waals surface area contributed by atoms with E-state index in [4.69, 9.17) is 14.2 Å². The standard InChI is InChI=1S/C15H21N3O3S/c1-19-9-5-8-18-12-16-17-15(18)22-11-10-21-14-7-4-3-6-13(14)20-2/h3-4,6-7,12H,5,8-11H2,1-2H3. The Kier molecular flexibility index (Phi) is 7.05. The average molecular weight is 323 g/mol. The van der Waals surface area contributed by atoms with Crippen LogP contribution >= 0.6 is 11.8 Å². The van der Waals surface area contributed by atoms with E-state index in [1.54, 1.807) is 32.3 Å². The van der Waals surface area contributed by atoms with Crippen LogP contribution in [-0.4, -0.2) is 48.0 Å². The van der Waals surface area contributed by atoms with Gasteiger partial charge in [0.25, 0.3) is 0 Å². The maximum absolute atomic E-state index is 5.74. The Balaban J connectivity index is 1.76. The van der Waals surface area contributed by atoms with E-state index >= 15 is 0 Å². The maximum atomic E-state index is 5.74. The third-order valence-corrected chi connectivity index (χ3v) is 3.91. The molecule has 0 saturated heterocycles. The number of rotatable bonds is 10. The third-order valence-electron chi connectivity index (χ3n) is 2.97. The van der Waals surface area contributed by atoms with Gasteiger partial charge < -0.3 is 18.8 Å². The van der Waals surface area contributed by atoms with Gasteiger partial charge in [0.1, 0.15) is 6.33 Å². The zero-order valence-corrected chi connectivity index (χ0v) is 13.7. The summed E-state index contributed by atoms with van der Waals surface area (Å²) in [5.41, 5.74) is 0. The van der Waals surface area contributed by atoms with Crippen LogP contribution < -0.4 is 9.47 Å². The van der Waals surface area contributed by atoms with Crippen molar-refractivity contribution < 1.29 is 14.2 Å². The van der Waals surface area contributed by atoms with E-state index in [0.29, 0.717) is 6.61 Å². The van der Waals surface area contributed by atoms with Gasteiger partial charge in [0.2, 0.25) is 0 Å². The van der Waals surface area contributed by atoms with Gasteiger partial charge in [0, 0.05) is 26.0 Å². The number of thioether (sulfide) groups is 1. The molecule has 0 aliphatic rings. The Bertz CT molecular complexity index is 562. The fraction of sp³-hybridized carbons (Fsp3) is 0.467. The lowest BCUT2D eigenvalue weighted by Gasteiger charge is -2.10. The lowest BCUT2D eigenvalue weighted by Crippen LogP contribution is -2.05. The van der Waals surface area contributed by atoms with Crippen LogP contribution in [0.5, 0.6) is 11.5 Å². The summed E-state index contributed by atoms with van der Waals surface area (Å²) in [6, 6.07) is 7.63. The van der Waals surface area contributed by atoms with Gasteiger partial charge in [-0.3, -0.25) is 0 Å². The Morgan fingerprint density at radius 2 is 1.95 bits per heavy atom. The number of hydrogen-bond acceptors (Lipinski definition) is 6. The number of aryl methyl sites for hydroxylation is 1. The highest BCUT2D eigenvalue weighted by Crippen LogP contribution is 2.26. The minimum atomic E-state index is 0.579. The van der Waals surface area contributed by atoms with E-state index in [1.807, 2.05) is 28.8 Å². The monoisotopic (exact) mass is 323 g/mol. The van der Waals surface area contributed by atoms with Crippen molar-refractivity contribution in [3.63, 3.8) is 0 Å². The number of nitrogens with zero attached hydrogens (tertiary/aromatic N) is 3. The van der Waals surface area contributed by atoms with Crippen molar-refractivity contribution in [2.75, 3.05) is 33.2 Å². The van der Waals surface area contributed by atoms with Crippen LogP contribution in [0.25, 0.3) is 0 Å². The van der Waals surface area contributed by atoms with Gasteiger partial charge >= 0.3 is 0 Å². The van der Waals surface area contributed by atoms with Crippen LogP contribution in [0, 0.1) is 0 Å². The van der Waals surface area contributed by atoms with Crippen LogP contribution in [-0.2, 0) is 11.3 Å². The summed E-state index contributed by atoms with van der Waals surface area (Å²) < 4.78 is 18.1. The number of methoxy groups -OCH3 is 2. The second-order valence-electron chi connectivity index (χ2n) is 4.50. The topological polar surface area (TPSA) is 58.4 Å². The zero-order chi connectivity index (χ0) is 15.6. The summed E-state index contributed by atoms with van der Waals surface area (Å²) in [6.45, 7) is 2.17. The van der Waals surface area contributed by atoms with E-state index in [-0.39, 0.29) is 0 Å². The molecule has 0 radical (unpaired) electrons. The molecule has 0 saturated carbocycles. The van der Waals surface area contributed by atoms with Crippen molar-refractivity contribution >= 4 is 11.8 Å². The number of benzene rings is 1. The van der Waals surface area contributed by atoms with Crippen molar-refractivity contribution in [3.05, 3.63) is 30.6 Å². The molecule has 0 spiro atoms. The summed E-state index contributed by atoms with van der Waals surface area (Å²) in [5, 5.41) is 8.99. The fourth-order valence-electron chi connectivity index (χ4n) is 1.91. The third kappa shape index (κ3) is 4.92. The second kappa shape index (κ2) is 9.32. The predicted octanol–water partition coefficient (Wildman–Crippen LogP) is 2.49. The lowest BCUT2D eigenvalue weighted by molar-refractivity contribution is 0.189. The normalized spacial score (nSPS) is 10.6. The van der Waals surface area contributed by atoms with Crippen molar-refractivity contribution in [3.8, 4) is 11.5 Å². The summed E-state index contributed by atoms with van der Waals surface area (Å²) in [4.78, 5) is 0. The molecule has 0 bridgehead atoms. The SMILES string of the molecule is COCCCn1cnnc1SCCOc1ccccc1OC. The van der Waals surface area contributed by atoms with Crippen molar-refractivity contribution in [1.29, 1.82) is 0 Å². The van der Waals surface area contributed by atoms with Crippen molar-refractivity contribution in [2.24, 2.45) is 0 Å². The van der Waals surface area contributed by atoms with Crippen LogP contribution in [0.3, 0.4) is 0 Å². The van der Waals surface area contributed by atoms with Crippen molar-refractivity contribution in [1.82, 2.24) is 14.8 Å². The number of hydrogen-bond donors (Lipinski definition) is 0. The van der Waals surface area contributed by atoms with Crippen LogP contribution in [0.4, 0.5) is 0 Å². The van der Waals surface area contributed by atoms with E-state index in [2.05, 4.69) is 10.2 Å². The quantitative estimate of drug-likeness (QED) is 0.494. The van der Waals surface area contributed by atoms with Gasteiger partial charge in [-0.15, -0.1) is 10.2 Å². The molecule has 1 heterocycles. The molecule has 6 nitrogen and oxygen atoms in total. The van der Waals surface area contributed by atoms with E-state index in [9.17, 15) is 0 Å². The maximum Gasteiger partial charge on any atom is 0.191 e. The summed E-state index contributed by atoms with van der Waals surface area (Å²) in [6.07, 6.45) is 2.69. The minimum Gasteiger partial charge on any atom is -0.493 e. The first kappa shape index (κ1) is 16.6. The van der Waals surface area contributed by atoms with Crippen molar-refractivity contribution in [2.45, 2.75) is 18.1 Å². The predicted molar refractivity (Wildman–Crippen MR) is 85.7 cm³/mol. The molecule has 2 rings (SSSR count). The lowest BCUT2D eigenvalue weighted by atomic mass is 10.3. The molecule has 0 atom stereocenters. The highest BCUT2D eigenvalue weighted by atomic mass is 32.2. The molecule has 0 aliphatic carbocycles. The molecule has 120 valence electrons. The number of ether oxygens (including phenoxy) is 3. The molecule has 2 aromatic rings.